The zero-order chi connectivity index (χ0) is 21.3. The van der Waals surface area contributed by atoms with Crippen LogP contribution in [0.1, 0.15) is 60.3 Å². The van der Waals surface area contributed by atoms with Crippen molar-refractivity contribution in [2.45, 2.75) is 71.9 Å². The Kier molecular flexibility index (Phi) is 18.1. The van der Waals surface area contributed by atoms with Crippen LogP contribution in [0.3, 0.4) is 0 Å². The lowest BCUT2D eigenvalue weighted by Gasteiger charge is -2.30. The van der Waals surface area contributed by atoms with Gasteiger partial charge in [0, 0.05) is 32.0 Å². The largest absolute Gasteiger partial charge is 0.399 e. The summed E-state index contributed by atoms with van der Waals surface area (Å²) in [7, 11) is 3.42. The van der Waals surface area contributed by atoms with E-state index in [1.807, 2.05) is 41.7 Å². The first kappa shape index (κ1) is 28.4. The molecule has 0 saturated carbocycles. The molecule has 0 unspecified atom stereocenters. The maximum atomic E-state index is 5.57. The van der Waals surface area contributed by atoms with E-state index in [9.17, 15) is 0 Å². The average molecular weight is 390 g/mol. The van der Waals surface area contributed by atoms with Crippen molar-refractivity contribution in [3.05, 3.63) is 11.9 Å². The number of nitrogens with two attached hydrogens (primary N) is 3. The number of hydrogen-bond acceptors (Lipinski definition) is 7. The van der Waals surface area contributed by atoms with Gasteiger partial charge in [-0.1, -0.05) is 20.8 Å². The maximum absolute atomic E-state index is 5.57. The summed E-state index contributed by atoms with van der Waals surface area (Å²) in [6, 6.07) is 0.255. The highest BCUT2D eigenvalue weighted by Gasteiger charge is 2.43. The standard InChI is InChI=1S/C9H17NO.C7H17N3O.C2H7N.C2H6/c1-11-8-9-4-2-6-10(9)7-3-5-9;1-6(2)10(9)4-7(8)5-11-3;1-2-3;1-2/h2-8H2,1H3;4,6H,5,8-9H2,1-3H3;2-3H2,1H3;1-2H3/b;7-4-;;. The fourth-order valence-corrected chi connectivity index (χ4v) is 3.27. The van der Waals surface area contributed by atoms with E-state index in [0.717, 1.165) is 13.2 Å². The SMILES string of the molecule is CC.CCN.COC/C(N)=C/N(N)C(C)C.COCC12CCCN1CCC2. The number of rotatable bonds is 6. The first-order valence-electron chi connectivity index (χ1n) is 10.3. The lowest BCUT2D eigenvalue weighted by Crippen LogP contribution is -2.42. The number of hydrazine groups is 1. The molecule has 2 aliphatic rings. The molecular formula is C20H47N5O2. The van der Waals surface area contributed by atoms with Crippen molar-refractivity contribution < 1.29 is 9.47 Å². The van der Waals surface area contributed by atoms with E-state index in [-0.39, 0.29) is 6.04 Å². The van der Waals surface area contributed by atoms with Crippen LogP contribution in [0.2, 0.25) is 0 Å². The van der Waals surface area contributed by atoms with Crippen molar-refractivity contribution >= 4 is 0 Å². The Balaban J connectivity index is 0. The number of fused-ring (bicyclic) bond motifs is 1. The summed E-state index contributed by atoms with van der Waals surface area (Å²) in [6.45, 7) is 14.6. The van der Waals surface area contributed by atoms with Crippen LogP contribution in [0.25, 0.3) is 0 Å². The molecule has 0 aliphatic carbocycles. The zero-order valence-electron chi connectivity index (χ0n) is 19.0. The predicted molar refractivity (Wildman–Crippen MR) is 116 cm³/mol. The monoisotopic (exact) mass is 389 g/mol. The van der Waals surface area contributed by atoms with Gasteiger partial charge >= 0.3 is 0 Å². The van der Waals surface area contributed by atoms with Gasteiger partial charge in [-0.05, 0) is 59.2 Å². The van der Waals surface area contributed by atoms with Gasteiger partial charge in [0.25, 0.3) is 0 Å². The summed E-state index contributed by atoms with van der Waals surface area (Å²) in [5.74, 6) is 5.57. The van der Waals surface area contributed by atoms with Crippen LogP contribution < -0.4 is 17.3 Å². The van der Waals surface area contributed by atoms with E-state index in [0.29, 0.717) is 17.8 Å². The molecule has 7 heteroatoms. The van der Waals surface area contributed by atoms with Crippen molar-refractivity contribution in [1.82, 2.24) is 9.91 Å². The number of hydrogen-bond donors (Lipinski definition) is 3. The first-order valence-corrected chi connectivity index (χ1v) is 10.3. The van der Waals surface area contributed by atoms with Crippen molar-refractivity contribution in [3.63, 3.8) is 0 Å². The topological polar surface area (TPSA) is 103 Å². The quantitative estimate of drug-likeness (QED) is 0.473. The van der Waals surface area contributed by atoms with Gasteiger partial charge in [-0.3, -0.25) is 4.90 Å². The van der Waals surface area contributed by atoms with Gasteiger partial charge < -0.3 is 25.9 Å². The van der Waals surface area contributed by atoms with E-state index in [1.54, 1.807) is 18.3 Å². The Morgan fingerprint density at radius 3 is 2.00 bits per heavy atom. The lowest BCUT2D eigenvalue weighted by atomic mass is 9.95. The minimum Gasteiger partial charge on any atom is -0.399 e. The highest BCUT2D eigenvalue weighted by molar-refractivity contribution is 5.00. The van der Waals surface area contributed by atoms with E-state index in [2.05, 4.69) is 4.90 Å². The van der Waals surface area contributed by atoms with Crippen molar-refractivity contribution in [2.24, 2.45) is 17.3 Å². The van der Waals surface area contributed by atoms with Gasteiger partial charge in [0.15, 0.2) is 0 Å². The van der Waals surface area contributed by atoms with Crippen LogP contribution in [0, 0.1) is 0 Å². The molecule has 6 N–H and O–H groups in total. The molecule has 0 spiro atoms. The average Bonchev–Trinajstić information content (AvgIpc) is 3.18. The van der Waals surface area contributed by atoms with Crippen molar-refractivity contribution in [2.75, 3.05) is 47.1 Å². The molecule has 164 valence electrons. The minimum atomic E-state index is 0.255. The fraction of sp³-hybridized carbons (Fsp3) is 0.900. The van der Waals surface area contributed by atoms with Crippen LogP contribution in [-0.2, 0) is 9.47 Å². The summed E-state index contributed by atoms with van der Waals surface area (Å²) in [5.41, 5.74) is 11.5. The van der Waals surface area contributed by atoms with Gasteiger partial charge in [0.2, 0.25) is 0 Å². The second-order valence-corrected chi connectivity index (χ2v) is 6.94. The van der Waals surface area contributed by atoms with E-state index >= 15 is 0 Å². The zero-order valence-corrected chi connectivity index (χ0v) is 19.0. The Hall–Kier alpha value is -0.860. The molecule has 0 aromatic heterocycles. The third-order valence-electron chi connectivity index (χ3n) is 4.45. The molecule has 27 heavy (non-hydrogen) atoms. The molecule has 0 bridgehead atoms. The molecule has 2 heterocycles. The van der Waals surface area contributed by atoms with Crippen LogP contribution in [0.5, 0.6) is 0 Å². The second kappa shape index (κ2) is 17.3. The van der Waals surface area contributed by atoms with Crippen LogP contribution in [0.4, 0.5) is 0 Å². The molecule has 0 radical (unpaired) electrons. The number of ether oxygens (including phenoxy) is 2. The maximum Gasteiger partial charge on any atom is 0.0871 e. The van der Waals surface area contributed by atoms with Gasteiger partial charge in [0.05, 0.1) is 18.9 Å². The summed E-state index contributed by atoms with van der Waals surface area (Å²) < 4.78 is 10.1. The molecule has 2 rings (SSSR count). The van der Waals surface area contributed by atoms with Crippen LogP contribution in [0.15, 0.2) is 11.9 Å². The Morgan fingerprint density at radius 1 is 1.15 bits per heavy atom. The number of nitrogens with zero attached hydrogens (tertiary/aromatic N) is 2. The van der Waals surface area contributed by atoms with E-state index in [4.69, 9.17) is 26.8 Å². The summed E-state index contributed by atoms with van der Waals surface area (Å²) in [6.07, 6.45) is 7.16. The second-order valence-electron chi connectivity index (χ2n) is 6.94. The molecule has 0 aromatic carbocycles. The third kappa shape index (κ3) is 11.5. The van der Waals surface area contributed by atoms with E-state index in [1.165, 1.54) is 38.8 Å². The Bertz CT molecular complexity index is 354. The highest BCUT2D eigenvalue weighted by atomic mass is 16.5. The summed E-state index contributed by atoms with van der Waals surface area (Å²) in [4.78, 5) is 2.62. The molecule has 0 aromatic rings. The van der Waals surface area contributed by atoms with Crippen molar-refractivity contribution in [1.29, 1.82) is 0 Å². The Labute approximate surface area is 168 Å². The van der Waals surface area contributed by atoms with Crippen LogP contribution in [-0.4, -0.2) is 68.6 Å². The normalized spacial score (nSPS) is 17.8. The van der Waals surface area contributed by atoms with Crippen LogP contribution >= 0.6 is 0 Å². The van der Waals surface area contributed by atoms with E-state index < -0.39 is 0 Å². The lowest BCUT2D eigenvalue weighted by molar-refractivity contribution is 0.0655. The minimum absolute atomic E-state index is 0.255. The summed E-state index contributed by atoms with van der Waals surface area (Å²) in [5, 5.41) is 1.55. The molecule has 7 nitrogen and oxygen atoms in total. The molecule has 2 aliphatic heterocycles. The predicted octanol–water partition coefficient (Wildman–Crippen LogP) is 2.27. The smallest absolute Gasteiger partial charge is 0.0871 e. The van der Waals surface area contributed by atoms with Gasteiger partial charge in [-0.25, -0.2) is 5.84 Å². The molecule has 2 saturated heterocycles. The molecule has 2 fully saturated rings. The van der Waals surface area contributed by atoms with Gasteiger partial charge in [-0.2, -0.15) is 0 Å². The highest BCUT2D eigenvalue weighted by Crippen LogP contribution is 2.38. The Morgan fingerprint density at radius 2 is 1.63 bits per heavy atom. The van der Waals surface area contributed by atoms with Crippen molar-refractivity contribution in [3.8, 4) is 0 Å². The van der Waals surface area contributed by atoms with Gasteiger partial charge in [-0.15, -0.1) is 0 Å². The molecule has 0 atom stereocenters. The first-order chi connectivity index (χ1) is 12.9. The number of methoxy groups -OCH3 is 2. The van der Waals surface area contributed by atoms with Gasteiger partial charge in [0.1, 0.15) is 0 Å². The molecular weight excluding hydrogens is 342 g/mol. The third-order valence-corrected chi connectivity index (χ3v) is 4.45. The molecule has 0 amide bonds. The fourth-order valence-electron chi connectivity index (χ4n) is 3.27. The summed E-state index contributed by atoms with van der Waals surface area (Å²) >= 11 is 0.